The predicted octanol–water partition coefficient (Wildman–Crippen LogP) is 1.79. The summed E-state index contributed by atoms with van der Waals surface area (Å²) in [4.78, 5) is 41.6. The van der Waals surface area contributed by atoms with Gasteiger partial charge < -0.3 is 20.7 Å². The molecule has 3 aromatic rings. The molecule has 2 aliphatic heterocycles. The molecule has 2 aliphatic rings. The zero-order valence-electron chi connectivity index (χ0n) is 18.7. The van der Waals surface area contributed by atoms with Crippen molar-refractivity contribution in [3.8, 4) is 5.75 Å². The molecular weight excluding hydrogens is 434 g/mol. The maximum Gasteiger partial charge on any atom is 0.322 e. The molecule has 1 spiro atoms. The van der Waals surface area contributed by atoms with Crippen LogP contribution >= 0.6 is 0 Å². The first-order valence-corrected chi connectivity index (χ1v) is 11.2. The summed E-state index contributed by atoms with van der Waals surface area (Å²) >= 11 is 0. The lowest BCUT2D eigenvalue weighted by atomic mass is 9.83. The minimum atomic E-state index is -1.13. The number of aromatic nitrogens is 1. The van der Waals surface area contributed by atoms with Crippen LogP contribution in [0.1, 0.15) is 28.0 Å². The lowest BCUT2D eigenvalue weighted by Crippen LogP contribution is -2.69. The van der Waals surface area contributed by atoms with Crippen molar-refractivity contribution in [3.05, 3.63) is 71.4 Å². The lowest BCUT2D eigenvalue weighted by molar-refractivity contribution is -0.125. The van der Waals surface area contributed by atoms with Crippen LogP contribution in [0.15, 0.2) is 54.6 Å². The number of pyridine rings is 1. The van der Waals surface area contributed by atoms with Crippen molar-refractivity contribution in [1.82, 2.24) is 26.3 Å². The number of carbonyl (C=O) groups is 3. The quantitative estimate of drug-likeness (QED) is 0.432. The molecule has 174 valence electrons. The Labute approximate surface area is 196 Å². The molecule has 0 aliphatic carbocycles. The lowest BCUT2D eigenvalue weighted by Gasteiger charge is -2.39. The monoisotopic (exact) mass is 459 g/mol. The minimum absolute atomic E-state index is 0.329. The van der Waals surface area contributed by atoms with Gasteiger partial charge in [0.15, 0.2) is 0 Å². The number of urea groups is 1. The molecule has 34 heavy (non-hydrogen) atoms. The number of imide groups is 1. The molecule has 0 saturated carbocycles. The SMILES string of the molecule is Cc1cc(COc2ccc(C(=O)N[C@H]3CNCC[C@@]34NC(=O)NC4=O)cc2)c2ccccc2n1. The maximum atomic E-state index is 12.9. The second-order valence-electron chi connectivity index (χ2n) is 8.61. The summed E-state index contributed by atoms with van der Waals surface area (Å²) in [7, 11) is 0. The number of ether oxygens (including phenoxy) is 1. The number of piperidine rings is 1. The Kier molecular flexibility index (Phi) is 5.62. The van der Waals surface area contributed by atoms with Gasteiger partial charge in [-0.2, -0.15) is 0 Å². The Morgan fingerprint density at radius 2 is 1.97 bits per heavy atom. The third-order valence-corrected chi connectivity index (χ3v) is 6.35. The van der Waals surface area contributed by atoms with Gasteiger partial charge in [-0.15, -0.1) is 0 Å². The summed E-state index contributed by atoms with van der Waals surface area (Å²) in [6, 6.07) is 15.7. The summed E-state index contributed by atoms with van der Waals surface area (Å²) in [6.07, 6.45) is 0.394. The van der Waals surface area contributed by atoms with Gasteiger partial charge in [-0.1, -0.05) is 18.2 Å². The van der Waals surface area contributed by atoms with Gasteiger partial charge in [-0.05, 0) is 56.3 Å². The van der Waals surface area contributed by atoms with E-state index in [0.29, 0.717) is 37.4 Å². The van der Waals surface area contributed by atoms with Gasteiger partial charge in [0.2, 0.25) is 0 Å². The largest absolute Gasteiger partial charge is 0.489 e. The molecule has 0 bridgehead atoms. The van der Waals surface area contributed by atoms with Gasteiger partial charge in [0.1, 0.15) is 17.9 Å². The highest BCUT2D eigenvalue weighted by Gasteiger charge is 2.53. The van der Waals surface area contributed by atoms with Crippen LogP contribution in [0.3, 0.4) is 0 Å². The number of nitrogens with one attached hydrogen (secondary N) is 4. The van der Waals surface area contributed by atoms with Gasteiger partial charge in [-0.25, -0.2) is 4.79 Å². The smallest absolute Gasteiger partial charge is 0.322 e. The van der Waals surface area contributed by atoms with E-state index in [4.69, 9.17) is 4.74 Å². The van der Waals surface area contributed by atoms with Gasteiger partial charge >= 0.3 is 6.03 Å². The number of amides is 4. The Bertz CT molecular complexity index is 1280. The number of nitrogens with zero attached hydrogens (tertiary/aromatic N) is 1. The molecule has 3 heterocycles. The summed E-state index contributed by atoms with van der Waals surface area (Å²) in [5.41, 5.74) is 2.19. The molecule has 2 atom stereocenters. The molecule has 2 saturated heterocycles. The van der Waals surface area contributed by atoms with Crippen molar-refractivity contribution >= 4 is 28.7 Å². The summed E-state index contributed by atoms with van der Waals surface area (Å²) in [5.74, 6) is -0.107. The fourth-order valence-electron chi connectivity index (χ4n) is 4.60. The number of benzene rings is 2. The first-order chi connectivity index (χ1) is 16.4. The Morgan fingerprint density at radius 3 is 2.74 bits per heavy atom. The van der Waals surface area contributed by atoms with Crippen LogP contribution < -0.4 is 26.0 Å². The molecule has 5 rings (SSSR count). The molecule has 9 nitrogen and oxygen atoms in total. The fourth-order valence-corrected chi connectivity index (χ4v) is 4.60. The third kappa shape index (κ3) is 4.06. The van der Waals surface area contributed by atoms with E-state index < -0.39 is 23.5 Å². The van der Waals surface area contributed by atoms with Crippen molar-refractivity contribution in [1.29, 1.82) is 0 Å². The van der Waals surface area contributed by atoms with Crippen LogP contribution in [-0.4, -0.2) is 47.5 Å². The van der Waals surface area contributed by atoms with Gasteiger partial charge in [0.05, 0.1) is 11.6 Å². The Hall–Kier alpha value is -3.98. The normalized spacial score (nSPS) is 21.9. The average Bonchev–Trinajstić information content (AvgIpc) is 3.12. The molecule has 0 radical (unpaired) electrons. The zero-order chi connectivity index (χ0) is 23.7. The Balaban J connectivity index is 1.26. The zero-order valence-corrected chi connectivity index (χ0v) is 18.7. The topological polar surface area (TPSA) is 121 Å². The van der Waals surface area contributed by atoms with E-state index >= 15 is 0 Å². The van der Waals surface area contributed by atoms with E-state index in [1.54, 1.807) is 24.3 Å². The molecule has 2 fully saturated rings. The van der Waals surface area contributed by atoms with E-state index in [-0.39, 0.29) is 5.91 Å². The van der Waals surface area contributed by atoms with Gasteiger partial charge in [0, 0.05) is 28.8 Å². The highest BCUT2D eigenvalue weighted by atomic mass is 16.5. The Morgan fingerprint density at radius 1 is 1.18 bits per heavy atom. The average molecular weight is 460 g/mol. The second kappa shape index (κ2) is 8.75. The molecule has 1 aromatic heterocycles. The van der Waals surface area contributed by atoms with Gasteiger partial charge in [-0.3, -0.25) is 19.9 Å². The molecule has 4 amide bonds. The molecule has 9 heteroatoms. The second-order valence-corrected chi connectivity index (χ2v) is 8.61. The van der Waals surface area contributed by atoms with Crippen LogP contribution in [0.2, 0.25) is 0 Å². The standard InChI is InChI=1S/C25H25N5O4/c1-15-12-17(19-4-2-3-5-20(19)27-15)14-34-18-8-6-16(7-9-18)22(31)28-21-13-26-11-10-25(21)23(32)29-24(33)30-25/h2-9,12,21,26H,10-11,13-14H2,1H3,(H,28,31)(H2,29,30,32,33)/t21-,25+/m0/s1. The van der Waals surface area contributed by atoms with Crippen molar-refractivity contribution in [2.24, 2.45) is 0 Å². The van der Waals surface area contributed by atoms with E-state index in [1.165, 1.54) is 0 Å². The van der Waals surface area contributed by atoms with E-state index in [9.17, 15) is 14.4 Å². The number of hydrogen-bond donors (Lipinski definition) is 4. The molecular formula is C25H25N5O4. The minimum Gasteiger partial charge on any atom is -0.489 e. The van der Waals surface area contributed by atoms with Crippen LogP contribution in [-0.2, 0) is 11.4 Å². The maximum absolute atomic E-state index is 12.9. The fraction of sp³-hybridized carbons (Fsp3) is 0.280. The summed E-state index contributed by atoms with van der Waals surface area (Å²) < 4.78 is 5.97. The highest BCUT2D eigenvalue weighted by Crippen LogP contribution is 2.24. The van der Waals surface area contributed by atoms with E-state index in [1.807, 2.05) is 37.3 Å². The molecule has 0 unspecified atom stereocenters. The van der Waals surface area contributed by atoms with Crippen LogP contribution in [0.25, 0.3) is 10.9 Å². The third-order valence-electron chi connectivity index (χ3n) is 6.35. The number of para-hydroxylation sites is 1. The first kappa shape index (κ1) is 21.8. The first-order valence-electron chi connectivity index (χ1n) is 11.2. The predicted molar refractivity (Wildman–Crippen MR) is 125 cm³/mol. The summed E-state index contributed by atoms with van der Waals surface area (Å²) in [5, 5.41) is 12.1. The van der Waals surface area contributed by atoms with Gasteiger partial charge in [0.25, 0.3) is 11.8 Å². The van der Waals surface area contributed by atoms with E-state index in [0.717, 1.165) is 22.2 Å². The molecule has 2 aromatic carbocycles. The summed E-state index contributed by atoms with van der Waals surface area (Å²) in [6.45, 7) is 3.27. The van der Waals surface area contributed by atoms with E-state index in [2.05, 4.69) is 26.3 Å². The van der Waals surface area contributed by atoms with Crippen molar-refractivity contribution in [3.63, 3.8) is 0 Å². The van der Waals surface area contributed by atoms with Crippen molar-refractivity contribution in [2.75, 3.05) is 13.1 Å². The molecule has 4 N–H and O–H groups in total. The number of carbonyl (C=O) groups excluding carboxylic acids is 3. The number of fused-ring (bicyclic) bond motifs is 1. The van der Waals surface area contributed by atoms with Crippen LogP contribution in [0.4, 0.5) is 4.79 Å². The van der Waals surface area contributed by atoms with Crippen LogP contribution in [0.5, 0.6) is 5.75 Å². The van der Waals surface area contributed by atoms with Crippen LogP contribution in [0, 0.1) is 6.92 Å². The number of rotatable bonds is 5. The number of hydrogen-bond acceptors (Lipinski definition) is 6. The number of aryl methyl sites for hydroxylation is 1. The van der Waals surface area contributed by atoms with Crippen molar-refractivity contribution < 1.29 is 19.1 Å². The highest BCUT2D eigenvalue weighted by molar-refractivity contribution is 6.08. The van der Waals surface area contributed by atoms with Crippen molar-refractivity contribution in [2.45, 2.75) is 31.5 Å².